The molecule has 1 amide bonds. The maximum atomic E-state index is 11.7. The van der Waals surface area contributed by atoms with Crippen molar-refractivity contribution in [2.75, 3.05) is 0 Å². The Labute approximate surface area is 103 Å². The maximum absolute atomic E-state index is 11.7. The SMILES string of the molecule is CC(C)(C)NC(=O)c1ccc(Br)c(Cl)c1. The smallest absolute Gasteiger partial charge is 0.251 e. The molecule has 82 valence electrons. The molecule has 15 heavy (non-hydrogen) atoms. The lowest BCUT2D eigenvalue weighted by atomic mass is 10.1. The zero-order valence-electron chi connectivity index (χ0n) is 8.90. The Hall–Kier alpha value is -0.540. The summed E-state index contributed by atoms with van der Waals surface area (Å²) in [5.41, 5.74) is 0.328. The molecule has 0 aliphatic carbocycles. The van der Waals surface area contributed by atoms with Crippen LogP contribution in [0, 0.1) is 0 Å². The fourth-order valence-corrected chi connectivity index (χ4v) is 1.48. The van der Waals surface area contributed by atoms with Crippen LogP contribution in [-0.2, 0) is 0 Å². The van der Waals surface area contributed by atoms with E-state index in [2.05, 4.69) is 21.2 Å². The highest BCUT2D eigenvalue weighted by Gasteiger charge is 2.15. The number of rotatable bonds is 1. The Balaban J connectivity index is 2.88. The number of nitrogens with one attached hydrogen (secondary N) is 1. The summed E-state index contributed by atoms with van der Waals surface area (Å²) < 4.78 is 0.788. The molecular formula is C11H13BrClNO. The van der Waals surface area contributed by atoms with Crippen LogP contribution >= 0.6 is 27.5 Å². The van der Waals surface area contributed by atoms with E-state index in [1.54, 1.807) is 18.2 Å². The van der Waals surface area contributed by atoms with E-state index >= 15 is 0 Å². The van der Waals surface area contributed by atoms with Crippen LogP contribution < -0.4 is 5.32 Å². The van der Waals surface area contributed by atoms with Crippen molar-refractivity contribution in [2.24, 2.45) is 0 Å². The van der Waals surface area contributed by atoms with Gasteiger partial charge in [-0.15, -0.1) is 0 Å². The minimum absolute atomic E-state index is 0.114. The van der Waals surface area contributed by atoms with E-state index in [1.807, 2.05) is 20.8 Å². The van der Waals surface area contributed by atoms with Gasteiger partial charge in [0.2, 0.25) is 0 Å². The van der Waals surface area contributed by atoms with Gasteiger partial charge in [0.1, 0.15) is 0 Å². The minimum Gasteiger partial charge on any atom is -0.347 e. The summed E-state index contributed by atoms with van der Waals surface area (Å²) in [6.45, 7) is 5.81. The van der Waals surface area contributed by atoms with Gasteiger partial charge in [-0.25, -0.2) is 0 Å². The molecule has 1 N–H and O–H groups in total. The van der Waals surface area contributed by atoms with E-state index in [0.717, 1.165) is 4.47 Å². The average Bonchev–Trinajstić information content (AvgIpc) is 2.06. The normalized spacial score (nSPS) is 11.3. The van der Waals surface area contributed by atoms with E-state index in [-0.39, 0.29) is 11.4 Å². The molecule has 0 fully saturated rings. The zero-order chi connectivity index (χ0) is 11.6. The molecule has 1 aromatic rings. The summed E-state index contributed by atoms with van der Waals surface area (Å²) in [7, 11) is 0. The van der Waals surface area contributed by atoms with Crippen LogP contribution in [0.1, 0.15) is 31.1 Å². The molecule has 4 heteroatoms. The number of halogens is 2. The van der Waals surface area contributed by atoms with Gasteiger partial charge in [0.25, 0.3) is 5.91 Å². The van der Waals surface area contributed by atoms with Crippen molar-refractivity contribution in [3.8, 4) is 0 Å². The first-order chi connectivity index (χ1) is 6.79. The van der Waals surface area contributed by atoms with Gasteiger partial charge in [-0.3, -0.25) is 4.79 Å². The Morgan fingerprint density at radius 1 is 1.40 bits per heavy atom. The third-order valence-corrected chi connectivity index (χ3v) is 2.90. The Bertz CT molecular complexity index is 385. The molecule has 0 saturated carbocycles. The van der Waals surface area contributed by atoms with Crippen molar-refractivity contribution in [3.63, 3.8) is 0 Å². The first-order valence-corrected chi connectivity index (χ1v) is 5.74. The van der Waals surface area contributed by atoms with Gasteiger partial charge in [-0.05, 0) is 54.9 Å². The van der Waals surface area contributed by atoms with Crippen LogP contribution in [0.15, 0.2) is 22.7 Å². The Morgan fingerprint density at radius 2 is 2.00 bits per heavy atom. The largest absolute Gasteiger partial charge is 0.347 e. The molecule has 0 saturated heterocycles. The highest BCUT2D eigenvalue weighted by Crippen LogP contribution is 2.23. The van der Waals surface area contributed by atoms with Gasteiger partial charge < -0.3 is 5.32 Å². The molecule has 0 aliphatic heterocycles. The Kier molecular flexibility index (Phi) is 3.79. The molecular weight excluding hydrogens is 277 g/mol. The van der Waals surface area contributed by atoms with Crippen molar-refractivity contribution in [2.45, 2.75) is 26.3 Å². The lowest BCUT2D eigenvalue weighted by Gasteiger charge is -2.20. The lowest BCUT2D eigenvalue weighted by molar-refractivity contribution is 0.0919. The predicted molar refractivity (Wildman–Crippen MR) is 66.4 cm³/mol. The first-order valence-electron chi connectivity index (χ1n) is 4.57. The second kappa shape index (κ2) is 4.54. The minimum atomic E-state index is -0.239. The molecule has 0 radical (unpaired) electrons. The van der Waals surface area contributed by atoms with E-state index < -0.39 is 0 Å². The fourth-order valence-electron chi connectivity index (χ4n) is 1.05. The summed E-state index contributed by atoms with van der Waals surface area (Å²) in [4.78, 5) is 11.7. The van der Waals surface area contributed by atoms with Crippen LogP contribution in [0.25, 0.3) is 0 Å². The molecule has 0 bridgehead atoms. The van der Waals surface area contributed by atoms with Crippen molar-refractivity contribution < 1.29 is 4.79 Å². The van der Waals surface area contributed by atoms with E-state index in [4.69, 9.17) is 11.6 Å². The van der Waals surface area contributed by atoms with E-state index in [0.29, 0.717) is 10.6 Å². The third-order valence-electron chi connectivity index (χ3n) is 1.67. The molecule has 2 nitrogen and oxygen atoms in total. The molecule has 0 heterocycles. The highest BCUT2D eigenvalue weighted by atomic mass is 79.9. The standard InChI is InChI=1S/C11H13BrClNO/c1-11(2,3)14-10(15)7-4-5-8(12)9(13)6-7/h4-6H,1-3H3,(H,14,15). The van der Waals surface area contributed by atoms with Gasteiger partial charge in [0, 0.05) is 15.6 Å². The topological polar surface area (TPSA) is 29.1 Å². The number of benzene rings is 1. The molecule has 0 aliphatic rings. The summed E-state index contributed by atoms with van der Waals surface area (Å²) in [6.07, 6.45) is 0. The van der Waals surface area contributed by atoms with Gasteiger partial charge >= 0.3 is 0 Å². The number of carbonyl (C=O) groups excluding carboxylic acids is 1. The number of hydrogen-bond acceptors (Lipinski definition) is 1. The summed E-state index contributed by atoms with van der Waals surface area (Å²) >= 11 is 9.18. The molecule has 1 rings (SSSR count). The van der Waals surface area contributed by atoms with Gasteiger partial charge in [0.15, 0.2) is 0 Å². The van der Waals surface area contributed by atoms with Crippen LogP contribution in [0.4, 0.5) is 0 Å². The van der Waals surface area contributed by atoms with Crippen LogP contribution in [-0.4, -0.2) is 11.4 Å². The fraction of sp³-hybridized carbons (Fsp3) is 0.364. The quantitative estimate of drug-likeness (QED) is 0.841. The number of carbonyl (C=O) groups is 1. The average molecular weight is 291 g/mol. The highest BCUT2D eigenvalue weighted by molar-refractivity contribution is 9.10. The van der Waals surface area contributed by atoms with Crippen LogP contribution in [0.3, 0.4) is 0 Å². The maximum Gasteiger partial charge on any atom is 0.251 e. The van der Waals surface area contributed by atoms with Crippen molar-refractivity contribution in [1.29, 1.82) is 0 Å². The lowest BCUT2D eigenvalue weighted by Crippen LogP contribution is -2.40. The molecule has 0 aromatic heterocycles. The van der Waals surface area contributed by atoms with Gasteiger partial charge in [-0.1, -0.05) is 11.6 Å². The summed E-state index contributed by atoms with van der Waals surface area (Å²) in [6, 6.07) is 5.14. The monoisotopic (exact) mass is 289 g/mol. The predicted octanol–water partition coefficient (Wildman–Crippen LogP) is 3.63. The number of amides is 1. The van der Waals surface area contributed by atoms with Gasteiger partial charge in [0.05, 0.1) is 5.02 Å². The van der Waals surface area contributed by atoms with Crippen LogP contribution in [0.5, 0.6) is 0 Å². The molecule has 0 unspecified atom stereocenters. The summed E-state index contributed by atoms with van der Waals surface area (Å²) in [5, 5.41) is 3.41. The van der Waals surface area contributed by atoms with Crippen LogP contribution in [0.2, 0.25) is 5.02 Å². The first kappa shape index (κ1) is 12.5. The number of hydrogen-bond donors (Lipinski definition) is 1. The third kappa shape index (κ3) is 3.84. The van der Waals surface area contributed by atoms with E-state index in [9.17, 15) is 4.79 Å². The van der Waals surface area contributed by atoms with Crippen molar-refractivity contribution >= 4 is 33.4 Å². The molecule has 0 spiro atoms. The zero-order valence-corrected chi connectivity index (χ0v) is 11.2. The van der Waals surface area contributed by atoms with E-state index in [1.165, 1.54) is 0 Å². The molecule has 1 aromatic carbocycles. The second-order valence-electron chi connectivity index (χ2n) is 4.33. The van der Waals surface area contributed by atoms with Crippen molar-refractivity contribution in [1.82, 2.24) is 5.32 Å². The van der Waals surface area contributed by atoms with Gasteiger partial charge in [-0.2, -0.15) is 0 Å². The van der Waals surface area contributed by atoms with Crippen molar-refractivity contribution in [3.05, 3.63) is 33.3 Å². The molecule has 0 atom stereocenters. The summed E-state index contributed by atoms with van der Waals surface area (Å²) in [5.74, 6) is -0.114. The second-order valence-corrected chi connectivity index (χ2v) is 5.59. The Morgan fingerprint density at radius 3 is 2.47 bits per heavy atom.